The summed E-state index contributed by atoms with van der Waals surface area (Å²) in [6.45, 7) is 9.87. The molecule has 1 amide bonds. The van der Waals surface area contributed by atoms with E-state index in [1.165, 1.54) is 18.5 Å². The summed E-state index contributed by atoms with van der Waals surface area (Å²) in [5.74, 6) is 0.768. The Morgan fingerprint density at radius 2 is 2.21 bits per heavy atom. The molecule has 2 fully saturated rings. The molecule has 0 radical (unpaired) electrons. The molecule has 19 heavy (non-hydrogen) atoms. The lowest BCUT2D eigenvalue weighted by Crippen LogP contribution is -2.41. The highest BCUT2D eigenvalue weighted by molar-refractivity contribution is 5.89. The topological polar surface area (TPSA) is 23.6 Å². The van der Waals surface area contributed by atoms with Crippen molar-refractivity contribution in [1.82, 2.24) is 9.80 Å². The van der Waals surface area contributed by atoms with Crippen LogP contribution in [-0.2, 0) is 4.79 Å². The van der Waals surface area contributed by atoms with E-state index in [1.807, 2.05) is 11.0 Å². The number of hydrogen-bond donors (Lipinski definition) is 0. The van der Waals surface area contributed by atoms with E-state index in [0.29, 0.717) is 18.4 Å². The Morgan fingerprint density at radius 1 is 1.47 bits per heavy atom. The second-order valence-electron chi connectivity index (χ2n) is 6.19. The van der Waals surface area contributed by atoms with Crippen molar-refractivity contribution in [3.8, 4) is 0 Å². The van der Waals surface area contributed by atoms with Crippen molar-refractivity contribution in [3.63, 3.8) is 0 Å². The second-order valence-corrected chi connectivity index (χ2v) is 6.19. The number of amides is 1. The van der Waals surface area contributed by atoms with E-state index in [-0.39, 0.29) is 5.41 Å². The van der Waals surface area contributed by atoms with Crippen molar-refractivity contribution in [3.05, 3.63) is 24.4 Å². The first-order valence-electron chi connectivity index (χ1n) is 7.56. The van der Waals surface area contributed by atoms with Gasteiger partial charge < -0.3 is 9.80 Å². The van der Waals surface area contributed by atoms with Crippen LogP contribution in [0.2, 0.25) is 0 Å². The Morgan fingerprint density at radius 3 is 2.89 bits per heavy atom. The van der Waals surface area contributed by atoms with E-state index < -0.39 is 0 Å². The van der Waals surface area contributed by atoms with Crippen LogP contribution in [0.5, 0.6) is 0 Å². The summed E-state index contributed by atoms with van der Waals surface area (Å²) < 4.78 is 0. The maximum absolute atomic E-state index is 12.9. The molecule has 0 unspecified atom stereocenters. The maximum atomic E-state index is 12.9. The van der Waals surface area contributed by atoms with Crippen LogP contribution in [0.4, 0.5) is 0 Å². The Bertz CT molecular complexity index is 422. The molecular weight excluding hydrogens is 236 g/mol. The molecule has 2 aliphatic heterocycles. The Balaban J connectivity index is 1.91. The monoisotopic (exact) mass is 260 g/mol. The standard InChI is InChI=1S/C16H24N2O/c1-3-9-18-12-13(2)16(15(18)19)8-6-7-14(16)17-10-4-5-11-17/h3,7,13H,1,4-6,8-12H2,2H3/t13-,16-/m1/s1. The lowest BCUT2D eigenvalue weighted by Gasteiger charge is -2.35. The minimum Gasteiger partial charge on any atom is -0.374 e. The summed E-state index contributed by atoms with van der Waals surface area (Å²) in [5.41, 5.74) is 1.13. The summed E-state index contributed by atoms with van der Waals surface area (Å²) in [6, 6.07) is 0. The van der Waals surface area contributed by atoms with Crippen LogP contribution in [0.1, 0.15) is 32.6 Å². The van der Waals surface area contributed by atoms with Crippen LogP contribution < -0.4 is 0 Å². The highest BCUT2D eigenvalue weighted by Crippen LogP contribution is 2.52. The number of likely N-dealkylation sites (tertiary alicyclic amines) is 2. The molecule has 0 N–H and O–H groups in total. The summed E-state index contributed by atoms with van der Waals surface area (Å²) in [7, 11) is 0. The van der Waals surface area contributed by atoms with Crippen molar-refractivity contribution < 1.29 is 4.79 Å². The van der Waals surface area contributed by atoms with Crippen molar-refractivity contribution in [2.45, 2.75) is 32.6 Å². The van der Waals surface area contributed by atoms with E-state index in [0.717, 1.165) is 32.5 Å². The molecule has 3 aliphatic rings. The summed E-state index contributed by atoms with van der Waals surface area (Å²) >= 11 is 0. The molecule has 0 aromatic heterocycles. The van der Waals surface area contributed by atoms with Gasteiger partial charge in [0.25, 0.3) is 0 Å². The molecule has 2 heterocycles. The van der Waals surface area contributed by atoms with Crippen LogP contribution in [-0.4, -0.2) is 41.9 Å². The molecule has 0 bridgehead atoms. The highest BCUT2D eigenvalue weighted by atomic mass is 16.2. The zero-order valence-electron chi connectivity index (χ0n) is 11.9. The largest absolute Gasteiger partial charge is 0.374 e. The van der Waals surface area contributed by atoms with Gasteiger partial charge in [0.05, 0.1) is 5.41 Å². The van der Waals surface area contributed by atoms with Crippen LogP contribution in [0.3, 0.4) is 0 Å². The minimum absolute atomic E-state index is 0.215. The van der Waals surface area contributed by atoms with Gasteiger partial charge in [-0.05, 0) is 31.6 Å². The van der Waals surface area contributed by atoms with Crippen molar-refractivity contribution in [2.24, 2.45) is 11.3 Å². The Labute approximate surface area is 115 Å². The Kier molecular flexibility index (Phi) is 3.15. The molecule has 0 aromatic carbocycles. The summed E-state index contributed by atoms with van der Waals surface area (Å²) in [4.78, 5) is 17.4. The van der Waals surface area contributed by atoms with Gasteiger partial charge in [-0.3, -0.25) is 4.79 Å². The summed E-state index contributed by atoms with van der Waals surface area (Å²) in [5, 5.41) is 0. The molecule has 3 rings (SSSR count). The first-order valence-corrected chi connectivity index (χ1v) is 7.56. The van der Waals surface area contributed by atoms with E-state index in [1.54, 1.807) is 0 Å². The zero-order valence-corrected chi connectivity index (χ0v) is 11.9. The number of hydrogen-bond acceptors (Lipinski definition) is 2. The molecule has 3 nitrogen and oxygen atoms in total. The van der Waals surface area contributed by atoms with Gasteiger partial charge in [-0.1, -0.05) is 19.1 Å². The van der Waals surface area contributed by atoms with Gasteiger partial charge in [-0.25, -0.2) is 0 Å². The number of allylic oxidation sites excluding steroid dienone is 1. The molecule has 1 spiro atoms. The van der Waals surface area contributed by atoms with Gasteiger partial charge >= 0.3 is 0 Å². The van der Waals surface area contributed by atoms with E-state index in [9.17, 15) is 4.79 Å². The molecule has 104 valence electrons. The molecule has 1 aliphatic carbocycles. The molecule has 0 saturated carbocycles. The predicted molar refractivity (Wildman–Crippen MR) is 76.5 cm³/mol. The first-order chi connectivity index (χ1) is 9.20. The van der Waals surface area contributed by atoms with Gasteiger partial charge in [0, 0.05) is 31.9 Å². The van der Waals surface area contributed by atoms with Crippen molar-refractivity contribution >= 4 is 5.91 Å². The fourth-order valence-electron chi connectivity index (χ4n) is 4.21. The zero-order chi connectivity index (χ0) is 13.5. The van der Waals surface area contributed by atoms with Crippen LogP contribution >= 0.6 is 0 Å². The first kappa shape index (κ1) is 12.8. The van der Waals surface area contributed by atoms with Gasteiger partial charge in [-0.15, -0.1) is 6.58 Å². The van der Waals surface area contributed by atoms with E-state index in [4.69, 9.17) is 0 Å². The quantitative estimate of drug-likeness (QED) is 0.728. The van der Waals surface area contributed by atoms with Crippen LogP contribution in [0, 0.1) is 11.3 Å². The third-order valence-corrected chi connectivity index (χ3v) is 5.13. The average molecular weight is 260 g/mol. The van der Waals surface area contributed by atoms with Crippen molar-refractivity contribution in [2.75, 3.05) is 26.2 Å². The molecule has 3 heteroatoms. The lowest BCUT2D eigenvalue weighted by molar-refractivity contribution is -0.135. The smallest absolute Gasteiger partial charge is 0.235 e. The predicted octanol–water partition coefficient (Wildman–Crippen LogP) is 2.41. The van der Waals surface area contributed by atoms with Gasteiger partial charge in [0.2, 0.25) is 5.91 Å². The van der Waals surface area contributed by atoms with Gasteiger partial charge in [0.1, 0.15) is 0 Å². The van der Waals surface area contributed by atoms with E-state index in [2.05, 4.69) is 24.5 Å². The van der Waals surface area contributed by atoms with Crippen LogP contribution in [0.15, 0.2) is 24.4 Å². The molecule has 2 saturated heterocycles. The van der Waals surface area contributed by atoms with E-state index >= 15 is 0 Å². The normalized spacial score (nSPS) is 34.5. The third-order valence-electron chi connectivity index (χ3n) is 5.13. The lowest BCUT2D eigenvalue weighted by atomic mass is 9.75. The maximum Gasteiger partial charge on any atom is 0.235 e. The second kappa shape index (κ2) is 4.69. The van der Waals surface area contributed by atoms with Crippen LogP contribution in [0.25, 0.3) is 0 Å². The number of nitrogens with zero attached hydrogens (tertiary/aromatic N) is 2. The number of carbonyl (C=O) groups is 1. The van der Waals surface area contributed by atoms with Crippen molar-refractivity contribution in [1.29, 1.82) is 0 Å². The molecule has 2 atom stereocenters. The molecule has 0 aromatic rings. The highest BCUT2D eigenvalue weighted by Gasteiger charge is 2.56. The molecular formula is C16H24N2O. The SMILES string of the molecule is C=CCN1C[C@@H](C)[C@@]2(CCC=C2N2CCCC2)C1=O. The van der Waals surface area contributed by atoms with Gasteiger partial charge in [-0.2, -0.15) is 0 Å². The summed E-state index contributed by atoms with van der Waals surface area (Å²) in [6.07, 6.45) is 8.78. The minimum atomic E-state index is -0.215. The number of carbonyl (C=O) groups excluding carboxylic acids is 1. The third kappa shape index (κ3) is 1.74. The Hall–Kier alpha value is -1.25. The average Bonchev–Trinajstić information content (AvgIpc) is 3.09. The number of rotatable bonds is 3. The fraction of sp³-hybridized carbons (Fsp3) is 0.688. The fourth-order valence-corrected chi connectivity index (χ4v) is 4.21. The van der Waals surface area contributed by atoms with Gasteiger partial charge in [0.15, 0.2) is 0 Å².